The van der Waals surface area contributed by atoms with Gasteiger partial charge >= 0.3 is 0 Å². The largest absolute Gasteiger partial charge is 0.483 e. The van der Waals surface area contributed by atoms with E-state index >= 15 is 0 Å². The number of aromatic nitrogens is 3. The second kappa shape index (κ2) is 10.1. The van der Waals surface area contributed by atoms with E-state index in [1.807, 2.05) is 89.6 Å². The van der Waals surface area contributed by atoms with E-state index in [2.05, 4.69) is 15.5 Å². The molecule has 1 amide bonds. The normalized spacial score (nSPS) is 11.9. The number of rotatable bonds is 9. The second-order valence-electron chi connectivity index (χ2n) is 7.04. The highest BCUT2D eigenvalue weighted by atomic mass is 32.2. The summed E-state index contributed by atoms with van der Waals surface area (Å²) in [6.07, 6.45) is 4.71. The number of nitrogens with zero attached hydrogens (tertiary/aromatic N) is 3. The fraction of sp³-hybridized carbons (Fsp3) is 0.208. The van der Waals surface area contributed by atoms with Gasteiger partial charge < -0.3 is 10.1 Å². The first-order valence-corrected chi connectivity index (χ1v) is 11.5. The molecule has 0 saturated heterocycles. The van der Waals surface area contributed by atoms with Gasteiger partial charge in [-0.1, -0.05) is 54.6 Å². The Morgan fingerprint density at radius 3 is 2.65 bits per heavy atom. The zero-order valence-corrected chi connectivity index (χ0v) is 18.1. The highest BCUT2D eigenvalue weighted by Crippen LogP contribution is 2.29. The zero-order valence-electron chi connectivity index (χ0n) is 17.3. The fourth-order valence-corrected chi connectivity index (χ4v) is 3.90. The first-order valence-electron chi connectivity index (χ1n) is 10.1. The van der Waals surface area contributed by atoms with Crippen molar-refractivity contribution < 1.29 is 9.53 Å². The molecule has 0 aliphatic rings. The van der Waals surface area contributed by atoms with Crippen LogP contribution in [-0.2, 0) is 4.79 Å². The summed E-state index contributed by atoms with van der Waals surface area (Å²) >= 11 is 1.73. The Hall–Kier alpha value is -3.32. The van der Waals surface area contributed by atoms with Crippen LogP contribution in [0, 0.1) is 0 Å². The van der Waals surface area contributed by atoms with Crippen molar-refractivity contribution in [2.24, 2.45) is 0 Å². The molecule has 0 bridgehead atoms. The van der Waals surface area contributed by atoms with E-state index in [1.54, 1.807) is 11.8 Å². The summed E-state index contributed by atoms with van der Waals surface area (Å²) in [6, 6.07) is 23.2. The molecule has 0 radical (unpaired) electrons. The summed E-state index contributed by atoms with van der Waals surface area (Å²) in [5.74, 6) is 2.10. The Morgan fingerprint density at radius 2 is 1.81 bits per heavy atom. The van der Waals surface area contributed by atoms with Gasteiger partial charge in [-0.05, 0) is 42.2 Å². The van der Waals surface area contributed by atoms with Crippen molar-refractivity contribution in [2.45, 2.75) is 12.5 Å². The van der Waals surface area contributed by atoms with Gasteiger partial charge in [-0.25, -0.2) is 0 Å². The Balaban J connectivity index is 1.47. The summed E-state index contributed by atoms with van der Waals surface area (Å²) in [6.45, 7) is -0.0731. The van der Waals surface area contributed by atoms with E-state index in [0.717, 1.165) is 34.8 Å². The van der Waals surface area contributed by atoms with Gasteiger partial charge in [0.2, 0.25) is 0 Å². The number of para-hydroxylation sites is 1. The number of hydrogen-bond acceptors (Lipinski definition) is 5. The molecule has 2 heterocycles. The van der Waals surface area contributed by atoms with E-state index in [9.17, 15) is 4.79 Å². The molecule has 2 aromatic carbocycles. The Kier molecular flexibility index (Phi) is 6.84. The monoisotopic (exact) mass is 432 g/mol. The first-order chi connectivity index (χ1) is 15.3. The predicted octanol–water partition coefficient (Wildman–Crippen LogP) is 4.39. The van der Waals surface area contributed by atoms with Crippen LogP contribution in [0.4, 0.5) is 0 Å². The third-order valence-electron chi connectivity index (χ3n) is 4.93. The summed E-state index contributed by atoms with van der Waals surface area (Å²) in [4.78, 5) is 12.8. The van der Waals surface area contributed by atoms with Crippen molar-refractivity contribution in [2.75, 3.05) is 18.6 Å². The molecule has 0 unspecified atom stereocenters. The SMILES string of the molecule is CSCC[C@H](NC(=O)COc1ccccc1-c1ccccc1)c1nnc2ccccn12. The summed E-state index contributed by atoms with van der Waals surface area (Å²) < 4.78 is 7.82. The van der Waals surface area contributed by atoms with Gasteiger partial charge in [-0.15, -0.1) is 10.2 Å². The molecule has 1 atom stereocenters. The minimum atomic E-state index is -0.245. The van der Waals surface area contributed by atoms with E-state index in [0.29, 0.717) is 5.75 Å². The van der Waals surface area contributed by atoms with Gasteiger partial charge in [-0.2, -0.15) is 11.8 Å². The average molecular weight is 433 g/mol. The van der Waals surface area contributed by atoms with Gasteiger partial charge in [0.05, 0.1) is 6.04 Å². The average Bonchev–Trinajstić information content (AvgIpc) is 3.25. The quantitative estimate of drug-likeness (QED) is 0.425. The molecule has 0 saturated carbocycles. The molecule has 31 heavy (non-hydrogen) atoms. The van der Waals surface area contributed by atoms with Crippen LogP contribution in [0.15, 0.2) is 79.0 Å². The van der Waals surface area contributed by atoms with Crippen LogP contribution in [0.25, 0.3) is 16.8 Å². The van der Waals surface area contributed by atoms with Crippen molar-refractivity contribution in [3.05, 3.63) is 84.8 Å². The fourth-order valence-electron chi connectivity index (χ4n) is 3.43. The third kappa shape index (κ3) is 5.06. The maximum Gasteiger partial charge on any atom is 0.258 e. The number of benzene rings is 2. The topological polar surface area (TPSA) is 68.5 Å². The van der Waals surface area contributed by atoms with Crippen LogP contribution in [-0.4, -0.2) is 39.1 Å². The van der Waals surface area contributed by atoms with Crippen molar-refractivity contribution in [1.29, 1.82) is 0 Å². The summed E-state index contributed by atoms with van der Waals surface area (Å²) in [5, 5.41) is 11.6. The molecular weight excluding hydrogens is 408 g/mol. The Morgan fingerprint density at radius 1 is 1.03 bits per heavy atom. The van der Waals surface area contributed by atoms with Crippen molar-refractivity contribution in [3.63, 3.8) is 0 Å². The predicted molar refractivity (Wildman–Crippen MR) is 124 cm³/mol. The molecule has 0 aliphatic carbocycles. The van der Waals surface area contributed by atoms with E-state index in [-0.39, 0.29) is 18.6 Å². The number of hydrogen-bond donors (Lipinski definition) is 1. The minimum Gasteiger partial charge on any atom is -0.483 e. The van der Waals surface area contributed by atoms with Gasteiger partial charge in [-0.3, -0.25) is 9.20 Å². The molecule has 158 valence electrons. The number of ether oxygens (including phenoxy) is 1. The summed E-state index contributed by atoms with van der Waals surface area (Å²) in [5.41, 5.74) is 2.76. The minimum absolute atomic E-state index is 0.0731. The molecule has 7 heteroatoms. The van der Waals surface area contributed by atoms with Crippen molar-refractivity contribution in [1.82, 2.24) is 19.9 Å². The molecule has 1 N–H and O–H groups in total. The van der Waals surface area contributed by atoms with E-state index in [1.165, 1.54) is 0 Å². The lowest BCUT2D eigenvalue weighted by Crippen LogP contribution is -2.34. The number of pyridine rings is 1. The highest BCUT2D eigenvalue weighted by Gasteiger charge is 2.20. The standard InChI is InChI=1S/C24H24N4O2S/c1-31-16-14-20(24-27-26-22-13-7-8-15-28(22)24)25-23(29)17-30-21-12-6-5-11-19(21)18-9-3-2-4-10-18/h2-13,15,20H,14,16-17H2,1H3,(H,25,29)/t20-/m0/s1. The van der Waals surface area contributed by atoms with Gasteiger partial charge in [0.15, 0.2) is 18.1 Å². The molecule has 6 nitrogen and oxygen atoms in total. The zero-order chi connectivity index (χ0) is 21.5. The number of thioether (sulfide) groups is 1. The van der Waals surface area contributed by atoms with Crippen LogP contribution < -0.4 is 10.1 Å². The van der Waals surface area contributed by atoms with Crippen LogP contribution in [0.3, 0.4) is 0 Å². The maximum atomic E-state index is 12.8. The number of carbonyl (C=O) groups excluding carboxylic acids is 1. The van der Waals surface area contributed by atoms with Crippen LogP contribution in [0.1, 0.15) is 18.3 Å². The Bertz CT molecular complexity index is 1150. The smallest absolute Gasteiger partial charge is 0.258 e. The molecule has 0 fully saturated rings. The number of fused-ring (bicyclic) bond motifs is 1. The molecular formula is C24H24N4O2S. The lowest BCUT2D eigenvalue weighted by molar-refractivity contribution is -0.123. The third-order valence-corrected chi connectivity index (χ3v) is 5.57. The molecule has 4 aromatic rings. The van der Waals surface area contributed by atoms with Gasteiger partial charge in [0.25, 0.3) is 5.91 Å². The molecule has 4 rings (SSSR count). The van der Waals surface area contributed by atoms with Crippen molar-refractivity contribution in [3.8, 4) is 16.9 Å². The van der Waals surface area contributed by atoms with Crippen molar-refractivity contribution >= 4 is 23.3 Å². The number of carbonyl (C=O) groups is 1. The van der Waals surface area contributed by atoms with E-state index in [4.69, 9.17) is 4.74 Å². The Labute approximate surface area is 185 Å². The van der Waals surface area contributed by atoms with Crippen LogP contribution in [0.5, 0.6) is 5.75 Å². The lowest BCUT2D eigenvalue weighted by Gasteiger charge is -2.18. The van der Waals surface area contributed by atoms with Gasteiger partial charge in [0.1, 0.15) is 5.75 Å². The lowest BCUT2D eigenvalue weighted by atomic mass is 10.1. The first kappa shape index (κ1) is 20.9. The number of nitrogens with one attached hydrogen (secondary N) is 1. The number of amides is 1. The van der Waals surface area contributed by atoms with E-state index < -0.39 is 0 Å². The molecule has 0 aliphatic heterocycles. The molecule has 0 spiro atoms. The van der Waals surface area contributed by atoms with Gasteiger partial charge in [0, 0.05) is 11.8 Å². The second-order valence-corrected chi connectivity index (χ2v) is 8.03. The highest BCUT2D eigenvalue weighted by molar-refractivity contribution is 7.98. The maximum absolute atomic E-state index is 12.8. The molecule has 2 aromatic heterocycles. The summed E-state index contributed by atoms with van der Waals surface area (Å²) in [7, 11) is 0. The van der Waals surface area contributed by atoms with Crippen LogP contribution in [0.2, 0.25) is 0 Å². The van der Waals surface area contributed by atoms with Crippen LogP contribution >= 0.6 is 11.8 Å².